The van der Waals surface area contributed by atoms with Crippen LogP contribution in [0.5, 0.6) is 0 Å². The molecule has 0 aromatic heterocycles. The van der Waals surface area contributed by atoms with Gasteiger partial charge in [0.05, 0.1) is 6.07 Å². The van der Waals surface area contributed by atoms with Crippen molar-refractivity contribution in [2.75, 3.05) is 6.54 Å². The van der Waals surface area contributed by atoms with Crippen molar-refractivity contribution in [1.29, 1.82) is 5.26 Å². The van der Waals surface area contributed by atoms with Crippen LogP contribution in [0.3, 0.4) is 0 Å². The van der Waals surface area contributed by atoms with Gasteiger partial charge in [-0.2, -0.15) is 5.26 Å². The lowest BCUT2D eigenvalue weighted by molar-refractivity contribution is 0.942. The molecule has 0 amide bonds. The molecular weight excluding hydrogens is 152 g/mol. The molecule has 0 atom stereocenters. The van der Waals surface area contributed by atoms with E-state index in [1.165, 1.54) is 12.1 Å². The van der Waals surface area contributed by atoms with Crippen LogP contribution in [-0.2, 0) is 0 Å². The Labute approximate surface area is 70.9 Å². The van der Waals surface area contributed by atoms with Crippen LogP contribution in [0.2, 0.25) is 12.1 Å². The highest BCUT2D eigenvalue weighted by molar-refractivity contribution is 6.35. The van der Waals surface area contributed by atoms with E-state index in [-0.39, 0.29) is 9.52 Å². The lowest BCUT2D eigenvalue weighted by atomic mass is 10.4. The second-order valence-electron chi connectivity index (χ2n) is 2.56. The predicted molar refractivity (Wildman–Crippen MR) is 49.1 cm³/mol. The van der Waals surface area contributed by atoms with E-state index < -0.39 is 0 Å². The van der Waals surface area contributed by atoms with E-state index in [2.05, 4.69) is 10.9 Å². The second kappa shape index (κ2) is 9.20. The lowest BCUT2D eigenvalue weighted by Crippen LogP contribution is -1.89. The summed E-state index contributed by atoms with van der Waals surface area (Å²) in [6.45, 7) is 7.25. The Morgan fingerprint density at radius 1 is 1.36 bits per heavy atom. The topological polar surface area (TPSA) is 28.1 Å². The fourth-order valence-corrected chi connectivity index (χ4v) is 2.46. The number of hydrogen-bond donors (Lipinski definition) is 0. The zero-order valence-electron chi connectivity index (χ0n) is 6.84. The molecule has 0 aliphatic rings. The van der Waals surface area contributed by atoms with Gasteiger partial charge < -0.3 is 4.85 Å². The molecule has 2 nitrogen and oxygen atoms in total. The molecule has 0 aliphatic carbocycles. The van der Waals surface area contributed by atoms with Crippen molar-refractivity contribution < 1.29 is 0 Å². The monoisotopic (exact) mass is 166 g/mol. The highest BCUT2D eigenvalue weighted by atomic mass is 28.2. The van der Waals surface area contributed by atoms with E-state index in [9.17, 15) is 0 Å². The van der Waals surface area contributed by atoms with Crippen LogP contribution in [0.1, 0.15) is 19.3 Å². The van der Waals surface area contributed by atoms with Crippen molar-refractivity contribution in [3.05, 3.63) is 11.4 Å². The molecule has 0 aliphatic heterocycles. The first-order chi connectivity index (χ1) is 5.41. The zero-order chi connectivity index (χ0) is 8.36. The van der Waals surface area contributed by atoms with Crippen LogP contribution in [-0.4, -0.2) is 16.1 Å². The zero-order valence-corrected chi connectivity index (χ0v) is 8.26. The van der Waals surface area contributed by atoms with Crippen LogP contribution in [0.25, 0.3) is 4.85 Å². The Morgan fingerprint density at radius 2 is 2.09 bits per heavy atom. The van der Waals surface area contributed by atoms with Gasteiger partial charge in [-0.1, -0.05) is 12.1 Å². The van der Waals surface area contributed by atoms with Gasteiger partial charge in [-0.05, 0) is 6.42 Å². The molecule has 0 N–H and O–H groups in total. The Kier molecular flexibility index (Phi) is 8.53. The summed E-state index contributed by atoms with van der Waals surface area (Å²) in [4.78, 5) is 3.29. The third-order valence-electron chi connectivity index (χ3n) is 1.56. The van der Waals surface area contributed by atoms with E-state index in [1.54, 1.807) is 0 Å². The van der Waals surface area contributed by atoms with Crippen LogP contribution in [0.4, 0.5) is 0 Å². The first-order valence-corrected chi connectivity index (χ1v) is 6.12. The summed E-state index contributed by atoms with van der Waals surface area (Å²) in [5, 5.41) is 8.23. The molecule has 0 bridgehead atoms. The molecule has 0 radical (unpaired) electrons. The van der Waals surface area contributed by atoms with Crippen molar-refractivity contribution >= 4 is 9.52 Å². The SMILES string of the molecule is [C-]#[N+]CCC[SiH2]CCCC#N. The van der Waals surface area contributed by atoms with E-state index >= 15 is 0 Å². The molecule has 0 fully saturated rings. The normalized spacial score (nSPS) is 9.64. The fourth-order valence-electron chi connectivity index (χ4n) is 0.925. The minimum absolute atomic E-state index is 0.0762. The lowest BCUT2D eigenvalue weighted by Gasteiger charge is -1.92. The molecule has 60 valence electrons. The molecule has 0 saturated carbocycles. The summed E-state index contributed by atoms with van der Waals surface area (Å²) in [6, 6.07) is 4.71. The van der Waals surface area contributed by atoms with Gasteiger partial charge in [0.15, 0.2) is 0 Å². The molecule has 3 heteroatoms. The Morgan fingerprint density at radius 3 is 2.73 bits per heavy atom. The van der Waals surface area contributed by atoms with Gasteiger partial charge in [-0.3, -0.25) is 0 Å². The summed E-state index contributed by atoms with van der Waals surface area (Å²) in [5.41, 5.74) is 0. The standard InChI is InChI=1S/C8H14N2Si/c1-10-6-4-8-11-7-3-2-5-9/h2-4,6-8,11H2. The Bertz CT molecular complexity index is 136. The number of nitrogens with zero attached hydrogens (tertiary/aromatic N) is 2. The van der Waals surface area contributed by atoms with Gasteiger partial charge in [-0.15, -0.1) is 0 Å². The van der Waals surface area contributed by atoms with Crippen LogP contribution in [0.15, 0.2) is 0 Å². The molecule has 0 saturated heterocycles. The van der Waals surface area contributed by atoms with Crippen LogP contribution >= 0.6 is 0 Å². The average molecular weight is 166 g/mol. The van der Waals surface area contributed by atoms with Gasteiger partial charge in [0.2, 0.25) is 6.54 Å². The summed E-state index contributed by atoms with van der Waals surface area (Å²) < 4.78 is 0. The first kappa shape index (κ1) is 10.2. The van der Waals surface area contributed by atoms with Crippen molar-refractivity contribution in [1.82, 2.24) is 0 Å². The molecule has 0 spiro atoms. The third-order valence-corrected chi connectivity index (χ3v) is 3.56. The molecule has 0 aromatic carbocycles. The van der Waals surface area contributed by atoms with Crippen molar-refractivity contribution in [2.24, 2.45) is 0 Å². The average Bonchev–Trinajstić information content (AvgIpc) is 2.03. The number of unbranched alkanes of at least 4 members (excludes halogenated alkanes) is 1. The van der Waals surface area contributed by atoms with E-state index in [4.69, 9.17) is 11.8 Å². The molecule has 0 unspecified atom stereocenters. The van der Waals surface area contributed by atoms with Crippen molar-refractivity contribution in [3.8, 4) is 6.07 Å². The Hall–Kier alpha value is -0.803. The highest BCUT2D eigenvalue weighted by Crippen LogP contribution is 1.98. The van der Waals surface area contributed by atoms with Gasteiger partial charge in [-0.25, -0.2) is 6.57 Å². The van der Waals surface area contributed by atoms with Gasteiger partial charge in [0.25, 0.3) is 0 Å². The maximum atomic E-state index is 8.23. The first-order valence-electron chi connectivity index (χ1n) is 4.12. The van der Waals surface area contributed by atoms with E-state index in [0.29, 0.717) is 6.54 Å². The molecule has 0 heterocycles. The summed E-state index contributed by atoms with van der Waals surface area (Å²) in [6.07, 6.45) is 2.89. The second-order valence-corrected chi connectivity index (χ2v) is 4.68. The van der Waals surface area contributed by atoms with Gasteiger partial charge in [0, 0.05) is 22.4 Å². The third kappa shape index (κ3) is 9.20. The Balaban J connectivity index is 2.82. The maximum Gasteiger partial charge on any atom is 0.214 e. The molecule has 0 rings (SSSR count). The minimum atomic E-state index is 0.0762. The largest absolute Gasteiger partial charge is 0.317 e. The van der Waals surface area contributed by atoms with E-state index in [1.807, 2.05) is 0 Å². The quantitative estimate of drug-likeness (QED) is 0.335. The maximum absolute atomic E-state index is 8.23. The predicted octanol–water partition coefficient (Wildman–Crippen LogP) is 1.60. The number of hydrogen-bond acceptors (Lipinski definition) is 1. The summed E-state index contributed by atoms with van der Waals surface area (Å²) >= 11 is 0. The molecular formula is C8H14N2Si. The van der Waals surface area contributed by atoms with E-state index in [0.717, 1.165) is 19.3 Å². The van der Waals surface area contributed by atoms with Crippen molar-refractivity contribution in [3.63, 3.8) is 0 Å². The van der Waals surface area contributed by atoms with Gasteiger partial charge in [0.1, 0.15) is 0 Å². The summed E-state index contributed by atoms with van der Waals surface area (Å²) in [5.74, 6) is 0. The number of rotatable bonds is 6. The minimum Gasteiger partial charge on any atom is -0.317 e. The van der Waals surface area contributed by atoms with Gasteiger partial charge >= 0.3 is 0 Å². The van der Waals surface area contributed by atoms with Crippen LogP contribution in [0, 0.1) is 17.9 Å². The molecule has 11 heavy (non-hydrogen) atoms. The summed E-state index contributed by atoms with van der Waals surface area (Å²) in [7, 11) is 0.0762. The van der Waals surface area contributed by atoms with Crippen molar-refractivity contribution in [2.45, 2.75) is 31.4 Å². The smallest absolute Gasteiger partial charge is 0.214 e. The highest BCUT2D eigenvalue weighted by Gasteiger charge is 1.91. The van der Waals surface area contributed by atoms with Crippen LogP contribution < -0.4 is 0 Å². The molecule has 0 aromatic rings. The fraction of sp³-hybridized carbons (Fsp3) is 0.750. The number of nitriles is 1.